The SMILES string of the molecule is C=CC(C)NN.O=C(O)C(=O)O. The number of carboxylic acid groups (broad SMARTS) is 2. The summed E-state index contributed by atoms with van der Waals surface area (Å²) in [4.78, 5) is 18.2. The minimum Gasteiger partial charge on any atom is -0.473 e. The fourth-order valence-electron chi connectivity index (χ4n) is 0.0680. The third-order valence-corrected chi connectivity index (χ3v) is 0.799. The van der Waals surface area contributed by atoms with Gasteiger partial charge in [0.15, 0.2) is 0 Å². The van der Waals surface area contributed by atoms with Crippen molar-refractivity contribution in [2.24, 2.45) is 5.84 Å². The summed E-state index contributed by atoms with van der Waals surface area (Å²) in [6, 6.07) is 0.227. The second-order valence-corrected chi connectivity index (χ2v) is 1.80. The van der Waals surface area contributed by atoms with Crippen LogP contribution in [0.1, 0.15) is 6.92 Å². The van der Waals surface area contributed by atoms with Gasteiger partial charge < -0.3 is 10.2 Å². The maximum atomic E-state index is 9.10. The van der Waals surface area contributed by atoms with Crippen molar-refractivity contribution in [3.8, 4) is 0 Å². The Morgan fingerprint density at radius 2 is 1.83 bits per heavy atom. The van der Waals surface area contributed by atoms with Crippen LogP contribution in [0.4, 0.5) is 0 Å². The second-order valence-electron chi connectivity index (χ2n) is 1.80. The van der Waals surface area contributed by atoms with E-state index in [0.29, 0.717) is 0 Å². The van der Waals surface area contributed by atoms with Crippen molar-refractivity contribution in [2.75, 3.05) is 0 Å². The molecule has 6 nitrogen and oxygen atoms in total. The lowest BCUT2D eigenvalue weighted by Gasteiger charge is -1.97. The minimum absolute atomic E-state index is 0.227. The standard InChI is InChI=1S/C4H10N2.C2H2O4/c1-3-4(2)6-5;3-1(4)2(5)6/h3-4,6H,1,5H2,2H3;(H,3,4)(H,5,6). The Labute approximate surface area is 69.7 Å². The van der Waals surface area contributed by atoms with Crippen molar-refractivity contribution in [1.82, 2.24) is 5.43 Å². The second kappa shape index (κ2) is 7.70. The highest BCUT2D eigenvalue weighted by atomic mass is 16.4. The Morgan fingerprint density at radius 3 is 1.83 bits per heavy atom. The molecule has 0 aromatic rings. The molecule has 0 aliphatic rings. The average molecular weight is 176 g/mol. The van der Waals surface area contributed by atoms with Gasteiger partial charge >= 0.3 is 11.9 Å². The third kappa shape index (κ3) is 11.4. The van der Waals surface area contributed by atoms with Gasteiger partial charge in [0, 0.05) is 6.04 Å². The largest absolute Gasteiger partial charge is 0.473 e. The molecular formula is C6H12N2O4. The first kappa shape index (κ1) is 13.2. The van der Waals surface area contributed by atoms with Crippen molar-refractivity contribution in [1.29, 1.82) is 0 Å². The number of hydrazine groups is 1. The minimum atomic E-state index is -1.82. The van der Waals surface area contributed by atoms with Crippen molar-refractivity contribution >= 4 is 11.9 Å². The van der Waals surface area contributed by atoms with Crippen LogP contribution < -0.4 is 11.3 Å². The molecule has 0 amide bonds. The van der Waals surface area contributed by atoms with E-state index in [1.165, 1.54) is 0 Å². The zero-order valence-electron chi connectivity index (χ0n) is 6.65. The summed E-state index contributed by atoms with van der Waals surface area (Å²) in [7, 11) is 0. The summed E-state index contributed by atoms with van der Waals surface area (Å²) >= 11 is 0. The van der Waals surface area contributed by atoms with E-state index >= 15 is 0 Å². The normalized spacial score (nSPS) is 10.5. The first-order chi connectivity index (χ1) is 5.45. The molecule has 0 aliphatic heterocycles. The first-order valence-electron chi connectivity index (χ1n) is 3.00. The molecule has 0 aromatic heterocycles. The van der Waals surface area contributed by atoms with Gasteiger partial charge in [-0.3, -0.25) is 11.3 Å². The third-order valence-electron chi connectivity index (χ3n) is 0.799. The van der Waals surface area contributed by atoms with Crippen molar-refractivity contribution in [3.05, 3.63) is 12.7 Å². The fraction of sp³-hybridized carbons (Fsp3) is 0.333. The van der Waals surface area contributed by atoms with Crippen LogP contribution >= 0.6 is 0 Å². The molecule has 0 aromatic carbocycles. The summed E-state index contributed by atoms with van der Waals surface area (Å²) in [6.45, 7) is 5.41. The summed E-state index contributed by atoms with van der Waals surface area (Å²) < 4.78 is 0. The molecule has 1 atom stereocenters. The van der Waals surface area contributed by atoms with Gasteiger partial charge in [0.1, 0.15) is 0 Å². The number of aliphatic carboxylic acids is 2. The van der Waals surface area contributed by atoms with Crippen molar-refractivity contribution in [2.45, 2.75) is 13.0 Å². The maximum Gasteiger partial charge on any atom is 0.414 e. The quantitative estimate of drug-likeness (QED) is 0.189. The molecular weight excluding hydrogens is 164 g/mol. The lowest BCUT2D eigenvalue weighted by atomic mass is 10.4. The highest BCUT2D eigenvalue weighted by molar-refractivity contribution is 6.27. The Bertz CT molecular complexity index is 157. The summed E-state index contributed by atoms with van der Waals surface area (Å²) in [6.07, 6.45) is 1.74. The molecule has 0 radical (unpaired) electrons. The van der Waals surface area contributed by atoms with E-state index in [9.17, 15) is 0 Å². The molecule has 12 heavy (non-hydrogen) atoms. The summed E-state index contributed by atoms with van der Waals surface area (Å²) in [5.41, 5.74) is 2.50. The summed E-state index contributed by atoms with van der Waals surface area (Å²) in [5, 5.41) is 14.8. The number of hydrogen-bond acceptors (Lipinski definition) is 4. The molecule has 1 unspecified atom stereocenters. The molecule has 0 aliphatic carbocycles. The zero-order valence-corrected chi connectivity index (χ0v) is 6.65. The van der Waals surface area contributed by atoms with Crippen LogP contribution in [0.15, 0.2) is 12.7 Å². The van der Waals surface area contributed by atoms with E-state index in [1.54, 1.807) is 6.08 Å². The molecule has 0 spiro atoms. The Balaban J connectivity index is 0. The van der Waals surface area contributed by atoms with Crippen LogP contribution in [-0.2, 0) is 9.59 Å². The van der Waals surface area contributed by atoms with Gasteiger partial charge in [0.2, 0.25) is 0 Å². The molecule has 0 heterocycles. The van der Waals surface area contributed by atoms with Gasteiger partial charge in [-0.1, -0.05) is 6.08 Å². The van der Waals surface area contributed by atoms with Gasteiger partial charge in [0.05, 0.1) is 0 Å². The Kier molecular flexibility index (Phi) is 8.48. The number of nitrogens with one attached hydrogen (secondary N) is 1. The topological polar surface area (TPSA) is 113 Å². The first-order valence-corrected chi connectivity index (χ1v) is 3.00. The lowest BCUT2D eigenvalue weighted by molar-refractivity contribution is -0.159. The van der Waals surface area contributed by atoms with Gasteiger partial charge in [-0.15, -0.1) is 6.58 Å². The highest BCUT2D eigenvalue weighted by Crippen LogP contribution is 1.72. The number of rotatable bonds is 2. The van der Waals surface area contributed by atoms with Crippen LogP contribution in [0.3, 0.4) is 0 Å². The van der Waals surface area contributed by atoms with Gasteiger partial charge in [0.25, 0.3) is 0 Å². The van der Waals surface area contributed by atoms with E-state index in [4.69, 9.17) is 25.6 Å². The predicted octanol–water partition coefficient (Wildman–Crippen LogP) is -0.820. The fourth-order valence-corrected chi connectivity index (χ4v) is 0.0680. The van der Waals surface area contributed by atoms with Crippen LogP contribution in [0.2, 0.25) is 0 Å². The number of carboxylic acids is 2. The molecule has 0 bridgehead atoms. The predicted molar refractivity (Wildman–Crippen MR) is 42.3 cm³/mol. The maximum absolute atomic E-state index is 9.10. The molecule has 70 valence electrons. The molecule has 0 rings (SSSR count). The highest BCUT2D eigenvalue weighted by Gasteiger charge is 2.04. The van der Waals surface area contributed by atoms with E-state index in [2.05, 4.69) is 12.0 Å². The van der Waals surface area contributed by atoms with Crippen LogP contribution in [0, 0.1) is 0 Å². The van der Waals surface area contributed by atoms with Gasteiger partial charge in [-0.2, -0.15) is 0 Å². The van der Waals surface area contributed by atoms with Crippen molar-refractivity contribution in [3.63, 3.8) is 0 Å². The van der Waals surface area contributed by atoms with Crippen LogP contribution in [-0.4, -0.2) is 28.2 Å². The van der Waals surface area contributed by atoms with E-state index in [1.807, 2.05) is 6.92 Å². The van der Waals surface area contributed by atoms with Crippen LogP contribution in [0.5, 0.6) is 0 Å². The molecule has 0 fully saturated rings. The van der Waals surface area contributed by atoms with E-state index < -0.39 is 11.9 Å². The van der Waals surface area contributed by atoms with E-state index in [-0.39, 0.29) is 6.04 Å². The number of hydrogen-bond donors (Lipinski definition) is 4. The smallest absolute Gasteiger partial charge is 0.414 e. The van der Waals surface area contributed by atoms with Gasteiger partial charge in [-0.05, 0) is 6.92 Å². The lowest BCUT2D eigenvalue weighted by Crippen LogP contribution is -2.30. The number of nitrogens with two attached hydrogens (primary N) is 1. The molecule has 0 saturated heterocycles. The van der Waals surface area contributed by atoms with Crippen LogP contribution in [0.25, 0.3) is 0 Å². The zero-order chi connectivity index (χ0) is 10.1. The summed E-state index contributed by atoms with van der Waals surface area (Å²) in [5.74, 6) is 1.31. The molecule has 5 N–H and O–H groups in total. The Hall–Kier alpha value is -1.40. The average Bonchev–Trinajstić information content (AvgIpc) is 2.04. The monoisotopic (exact) mass is 176 g/mol. The Morgan fingerprint density at radius 1 is 1.50 bits per heavy atom. The van der Waals surface area contributed by atoms with Crippen molar-refractivity contribution < 1.29 is 19.8 Å². The molecule has 0 saturated carbocycles. The number of carbonyl (C=O) groups is 2. The van der Waals surface area contributed by atoms with Gasteiger partial charge in [-0.25, -0.2) is 9.59 Å². The molecule has 6 heteroatoms. The van der Waals surface area contributed by atoms with E-state index in [0.717, 1.165) is 0 Å².